The zero-order valence-corrected chi connectivity index (χ0v) is 12.6. The van der Waals surface area contributed by atoms with Gasteiger partial charge in [-0.1, -0.05) is 54.6 Å². The summed E-state index contributed by atoms with van der Waals surface area (Å²) in [6, 6.07) is 18.1. The van der Waals surface area contributed by atoms with Gasteiger partial charge in [0.1, 0.15) is 0 Å². The first-order valence-electron chi connectivity index (χ1n) is 8.19. The Bertz CT molecular complexity index is 1320. The molecule has 0 aromatic heterocycles. The molecule has 0 unspecified atom stereocenters. The van der Waals surface area contributed by atoms with Crippen LogP contribution in [0.25, 0.3) is 44.5 Å². The van der Waals surface area contributed by atoms with Gasteiger partial charge in [-0.25, -0.2) is 0 Å². The highest BCUT2D eigenvalue weighted by Gasteiger charge is 2.17. The molecule has 0 spiro atoms. The molecule has 0 atom stereocenters. The van der Waals surface area contributed by atoms with E-state index in [9.17, 15) is 0 Å². The molecule has 0 amide bonds. The van der Waals surface area contributed by atoms with Crippen LogP contribution in [0, 0.1) is 0 Å². The third kappa shape index (κ3) is 1.37. The van der Waals surface area contributed by atoms with Gasteiger partial charge in [-0.3, -0.25) is 0 Å². The minimum Gasteiger partial charge on any atom is -0.0801 e. The normalized spacial score (nSPS) is 14.4. The summed E-state index contributed by atoms with van der Waals surface area (Å²) in [4.78, 5) is 0. The zero-order chi connectivity index (χ0) is 15.0. The van der Waals surface area contributed by atoms with Crippen LogP contribution in [0.2, 0.25) is 0 Å². The Balaban J connectivity index is 1.96. The van der Waals surface area contributed by atoms with E-state index in [-0.39, 0.29) is 0 Å². The first-order chi connectivity index (χ1) is 11.4. The Labute approximate surface area is 133 Å². The predicted octanol–water partition coefficient (Wildman–Crippen LogP) is 4.18. The van der Waals surface area contributed by atoms with Gasteiger partial charge in [0.2, 0.25) is 0 Å². The van der Waals surface area contributed by atoms with E-state index in [0.29, 0.717) is 0 Å². The van der Waals surface area contributed by atoms with Crippen LogP contribution in [0.15, 0.2) is 60.7 Å². The molecule has 0 bridgehead atoms. The van der Waals surface area contributed by atoms with Crippen LogP contribution in [-0.2, 0) is 6.42 Å². The topological polar surface area (TPSA) is 0 Å². The summed E-state index contributed by atoms with van der Waals surface area (Å²) in [7, 11) is 0. The van der Waals surface area contributed by atoms with Crippen molar-refractivity contribution < 1.29 is 0 Å². The van der Waals surface area contributed by atoms with E-state index in [1.165, 1.54) is 53.9 Å². The largest absolute Gasteiger partial charge is 0.0801 e. The van der Waals surface area contributed by atoms with Gasteiger partial charge in [0.15, 0.2) is 0 Å². The zero-order valence-electron chi connectivity index (χ0n) is 12.6. The standard InChI is InChI=1S/C23H14/c1-3-7-18-15(6-1)12-17-13-21-19-8-4-2-5-14(19)11-16-9-10-20(18)23(17)22(16)21/h1-6,8-13H,7H2. The van der Waals surface area contributed by atoms with E-state index in [0.717, 1.165) is 6.42 Å². The van der Waals surface area contributed by atoms with E-state index in [1.54, 1.807) is 0 Å². The van der Waals surface area contributed by atoms with Crippen LogP contribution in [0.4, 0.5) is 0 Å². The molecule has 0 nitrogen and oxygen atoms in total. The Morgan fingerprint density at radius 1 is 0.783 bits per heavy atom. The average molecular weight is 290 g/mol. The molecule has 6 rings (SSSR count). The number of hydrogen-bond donors (Lipinski definition) is 0. The van der Waals surface area contributed by atoms with Crippen molar-refractivity contribution in [2.24, 2.45) is 0 Å². The van der Waals surface area contributed by atoms with Crippen LogP contribution in [0.5, 0.6) is 0 Å². The molecule has 23 heavy (non-hydrogen) atoms. The summed E-state index contributed by atoms with van der Waals surface area (Å²) in [5.74, 6) is 0. The highest BCUT2D eigenvalue weighted by Crippen LogP contribution is 2.33. The molecule has 0 heterocycles. The maximum atomic E-state index is 2.39. The molecule has 4 aromatic carbocycles. The second kappa shape index (κ2) is 3.91. The van der Waals surface area contributed by atoms with Crippen molar-refractivity contribution in [3.63, 3.8) is 0 Å². The van der Waals surface area contributed by atoms with Crippen molar-refractivity contribution in [1.82, 2.24) is 0 Å². The molecule has 4 aromatic rings. The average Bonchev–Trinajstić information content (AvgIpc) is 2.99. The third-order valence-electron chi connectivity index (χ3n) is 5.38. The molecule has 0 fully saturated rings. The van der Waals surface area contributed by atoms with Gasteiger partial charge in [-0.05, 0) is 78.5 Å². The van der Waals surface area contributed by atoms with Gasteiger partial charge in [0, 0.05) is 0 Å². The van der Waals surface area contributed by atoms with Crippen LogP contribution >= 0.6 is 0 Å². The SMILES string of the molecule is C1=CCc2c(cc3c4c2ccc2cc5ccccc5c(c24)=C3)=C1. The molecule has 0 radical (unpaired) electrons. The van der Waals surface area contributed by atoms with Crippen LogP contribution in [0.3, 0.4) is 0 Å². The van der Waals surface area contributed by atoms with E-state index in [2.05, 4.69) is 72.8 Å². The Kier molecular flexibility index (Phi) is 1.98. The molecule has 0 saturated heterocycles. The third-order valence-corrected chi connectivity index (χ3v) is 5.38. The fourth-order valence-corrected chi connectivity index (χ4v) is 4.39. The van der Waals surface area contributed by atoms with Crippen molar-refractivity contribution in [2.45, 2.75) is 6.42 Å². The van der Waals surface area contributed by atoms with E-state index in [4.69, 9.17) is 0 Å². The molecule has 0 saturated carbocycles. The molecular weight excluding hydrogens is 276 g/mol. The lowest BCUT2D eigenvalue weighted by molar-refractivity contribution is 1.25. The Hall–Kier alpha value is -2.86. The highest BCUT2D eigenvalue weighted by molar-refractivity contribution is 6.19. The second-order valence-corrected chi connectivity index (χ2v) is 6.57. The maximum absolute atomic E-state index is 2.39. The highest BCUT2D eigenvalue weighted by atomic mass is 14.2. The quantitative estimate of drug-likeness (QED) is 0.296. The summed E-state index contributed by atoms with van der Waals surface area (Å²) < 4.78 is 0. The van der Waals surface area contributed by atoms with Crippen LogP contribution in [-0.4, -0.2) is 0 Å². The Morgan fingerprint density at radius 3 is 2.74 bits per heavy atom. The summed E-state index contributed by atoms with van der Waals surface area (Å²) in [5, 5.41) is 11.1. The smallest absolute Gasteiger partial charge is 0.00200 e. The second-order valence-electron chi connectivity index (χ2n) is 6.57. The summed E-state index contributed by atoms with van der Waals surface area (Å²) >= 11 is 0. The number of benzene rings is 4. The van der Waals surface area contributed by atoms with E-state index >= 15 is 0 Å². The lowest BCUT2D eigenvalue weighted by atomic mass is 9.92. The summed E-state index contributed by atoms with van der Waals surface area (Å²) in [6.07, 6.45) is 10.1. The summed E-state index contributed by atoms with van der Waals surface area (Å²) in [5.41, 5.74) is 2.85. The van der Waals surface area contributed by atoms with Crippen LogP contribution < -0.4 is 10.4 Å². The van der Waals surface area contributed by atoms with Crippen LogP contribution in [0.1, 0.15) is 11.1 Å². The van der Waals surface area contributed by atoms with Crippen molar-refractivity contribution in [2.75, 3.05) is 0 Å². The summed E-state index contributed by atoms with van der Waals surface area (Å²) in [6.45, 7) is 0. The van der Waals surface area contributed by atoms with Gasteiger partial charge < -0.3 is 0 Å². The van der Waals surface area contributed by atoms with E-state index < -0.39 is 0 Å². The van der Waals surface area contributed by atoms with Gasteiger partial charge >= 0.3 is 0 Å². The minimum absolute atomic E-state index is 1.04. The minimum atomic E-state index is 1.04. The molecule has 0 N–H and O–H groups in total. The molecule has 2 aliphatic rings. The van der Waals surface area contributed by atoms with Crippen molar-refractivity contribution in [3.8, 4) is 0 Å². The predicted molar refractivity (Wildman–Crippen MR) is 99.1 cm³/mol. The van der Waals surface area contributed by atoms with Gasteiger partial charge in [-0.2, -0.15) is 0 Å². The van der Waals surface area contributed by atoms with E-state index in [1.807, 2.05) is 0 Å². The number of hydrogen-bond acceptors (Lipinski definition) is 0. The van der Waals surface area contributed by atoms with Gasteiger partial charge in [0.05, 0.1) is 0 Å². The number of fused-ring (bicyclic) bond motifs is 4. The first kappa shape index (κ1) is 11.7. The monoisotopic (exact) mass is 290 g/mol. The molecular formula is C23H14. The first-order valence-corrected chi connectivity index (χ1v) is 8.19. The lowest BCUT2D eigenvalue weighted by Gasteiger charge is -2.12. The fraction of sp³-hybridized carbons (Fsp3) is 0.0435. The van der Waals surface area contributed by atoms with Gasteiger partial charge in [-0.15, -0.1) is 0 Å². The molecule has 0 heteroatoms. The molecule has 106 valence electrons. The van der Waals surface area contributed by atoms with Crippen molar-refractivity contribution in [3.05, 3.63) is 82.2 Å². The number of rotatable bonds is 0. The maximum Gasteiger partial charge on any atom is -0.00200 e. The number of allylic oxidation sites excluding steroid dienone is 2. The lowest BCUT2D eigenvalue weighted by Crippen LogP contribution is -2.11. The Morgan fingerprint density at radius 2 is 1.74 bits per heavy atom. The molecule has 2 aliphatic carbocycles. The molecule has 0 aliphatic heterocycles. The fourth-order valence-electron chi connectivity index (χ4n) is 4.39. The van der Waals surface area contributed by atoms with Crippen molar-refractivity contribution in [1.29, 1.82) is 0 Å². The van der Waals surface area contributed by atoms with Gasteiger partial charge in [0.25, 0.3) is 0 Å². The van der Waals surface area contributed by atoms with Crippen molar-refractivity contribution >= 4 is 44.5 Å².